The highest BCUT2D eigenvalue weighted by Gasteiger charge is 2.35. The molecule has 1 aromatic rings. The highest BCUT2D eigenvalue weighted by atomic mass is 32.2. The van der Waals surface area contributed by atoms with Gasteiger partial charge in [-0.2, -0.15) is 0 Å². The Morgan fingerprint density at radius 3 is 2.82 bits per heavy atom. The van der Waals surface area contributed by atoms with Crippen molar-refractivity contribution in [2.24, 2.45) is 4.99 Å². The van der Waals surface area contributed by atoms with E-state index < -0.39 is 9.84 Å². The number of hydrogen-bond acceptors (Lipinski definition) is 5. The molecule has 90 valence electrons. The molecule has 0 radical (unpaired) electrons. The van der Waals surface area contributed by atoms with E-state index in [0.29, 0.717) is 17.3 Å². The summed E-state index contributed by atoms with van der Waals surface area (Å²) in [7, 11) is -3.41. The van der Waals surface area contributed by atoms with Crippen LogP contribution in [0.25, 0.3) is 0 Å². The zero-order valence-corrected chi connectivity index (χ0v) is 10.1. The molecule has 0 unspecified atom stereocenters. The summed E-state index contributed by atoms with van der Waals surface area (Å²) in [5.74, 6) is 0. The van der Waals surface area contributed by atoms with Gasteiger partial charge in [-0.25, -0.2) is 13.4 Å². The van der Waals surface area contributed by atoms with E-state index >= 15 is 0 Å². The predicted octanol–water partition coefficient (Wildman–Crippen LogP) is 0.714. The van der Waals surface area contributed by atoms with Crippen molar-refractivity contribution < 1.29 is 8.42 Å². The maximum atomic E-state index is 12.3. The minimum Gasteiger partial charge on any atom is -0.334 e. The van der Waals surface area contributed by atoms with Crippen LogP contribution in [0, 0.1) is 0 Å². The molecule has 0 aromatic heterocycles. The van der Waals surface area contributed by atoms with Crippen LogP contribution in [0.4, 0.5) is 5.69 Å². The molecule has 0 aliphatic carbocycles. The molecule has 0 atom stereocenters. The second-order valence-corrected chi connectivity index (χ2v) is 5.95. The zero-order valence-electron chi connectivity index (χ0n) is 9.26. The first-order valence-corrected chi connectivity index (χ1v) is 7.06. The first-order valence-electron chi connectivity index (χ1n) is 5.58. The van der Waals surface area contributed by atoms with E-state index in [-0.39, 0.29) is 5.17 Å². The number of nitrogens with zero attached hydrogens (tertiary/aromatic N) is 2. The Morgan fingerprint density at radius 1 is 1.29 bits per heavy atom. The molecule has 17 heavy (non-hydrogen) atoms. The van der Waals surface area contributed by atoms with Gasteiger partial charge in [-0.15, -0.1) is 0 Å². The SMILES string of the molecule is O=S1(=O)C(N2CCCNC2)=Nc2ccccc21. The van der Waals surface area contributed by atoms with E-state index in [1.165, 1.54) is 0 Å². The number of nitrogens with one attached hydrogen (secondary N) is 1. The third kappa shape index (κ3) is 1.64. The Labute approximate surface area is 100 Å². The molecule has 5 nitrogen and oxygen atoms in total. The normalized spacial score (nSPS) is 22.1. The van der Waals surface area contributed by atoms with Crippen LogP contribution in [0.5, 0.6) is 0 Å². The van der Waals surface area contributed by atoms with Gasteiger partial charge in [-0.1, -0.05) is 12.1 Å². The van der Waals surface area contributed by atoms with E-state index in [9.17, 15) is 8.42 Å². The van der Waals surface area contributed by atoms with Crippen molar-refractivity contribution in [1.82, 2.24) is 10.2 Å². The van der Waals surface area contributed by atoms with Crippen LogP contribution in [-0.2, 0) is 9.84 Å². The average molecular weight is 251 g/mol. The lowest BCUT2D eigenvalue weighted by Gasteiger charge is -2.28. The number of fused-ring (bicyclic) bond motifs is 1. The van der Waals surface area contributed by atoms with Gasteiger partial charge in [0.25, 0.3) is 0 Å². The van der Waals surface area contributed by atoms with E-state index in [1.807, 2.05) is 0 Å². The third-order valence-electron chi connectivity index (χ3n) is 2.97. The number of benzene rings is 1. The van der Waals surface area contributed by atoms with Crippen molar-refractivity contribution in [2.45, 2.75) is 11.3 Å². The third-order valence-corrected chi connectivity index (χ3v) is 4.72. The molecule has 2 aliphatic rings. The van der Waals surface area contributed by atoms with Gasteiger partial charge in [0, 0.05) is 6.54 Å². The number of hydrogen-bond donors (Lipinski definition) is 1. The summed E-state index contributed by atoms with van der Waals surface area (Å²) in [6.45, 7) is 2.21. The highest BCUT2D eigenvalue weighted by Crippen LogP contribution is 2.33. The summed E-state index contributed by atoms with van der Waals surface area (Å²) >= 11 is 0. The second-order valence-electron chi connectivity index (χ2n) is 4.14. The van der Waals surface area contributed by atoms with Crippen LogP contribution < -0.4 is 5.32 Å². The van der Waals surface area contributed by atoms with Crippen molar-refractivity contribution >= 4 is 20.7 Å². The van der Waals surface area contributed by atoms with E-state index in [4.69, 9.17) is 0 Å². The summed E-state index contributed by atoms with van der Waals surface area (Å²) in [5.41, 5.74) is 0.549. The van der Waals surface area contributed by atoms with Gasteiger partial charge < -0.3 is 4.90 Å². The number of amidine groups is 1. The molecule has 0 saturated carbocycles. The minimum atomic E-state index is -3.41. The fourth-order valence-corrected chi connectivity index (χ4v) is 3.69. The van der Waals surface area contributed by atoms with Crippen LogP contribution in [0.1, 0.15) is 6.42 Å². The molecule has 0 spiro atoms. The Kier molecular flexibility index (Phi) is 2.41. The molecule has 2 aliphatic heterocycles. The fourth-order valence-electron chi connectivity index (χ4n) is 2.13. The molecule has 0 bridgehead atoms. The molecule has 0 amide bonds. The minimum absolute atomic E-state index is 0.186. The number of aliphatic imine (C=N–C) groups is 1. The van der Waals surface area contributed by atoms with E-state index in [0.717, 1.165) is 19.5 Å². The molecular formula is C11H13N3O2S. The van der Waals surface area contributed by atoms with Crippen molar-refractivity contribution in [2.75, 3.05) is 19.8 Å². The maximum absolute atomic E-state index is 12.3. The molecule has 2 heterocycles. The number of rotatable bonds is 0. The molecule has 3 rings (SSSR count). The topological polar surface area (TPSA) is 61.8 Å². The van der Waals surface area contributed by atoms with Gasteiger partial charge in [0.1, 0.15) is 4.90 Å². The molecular weight excluding hydrogens is 238 g/mol. The summed E-state index contributed by atoms with van der Waals surface area (Å²) in [6.07, 6.45) is 0.935. The van der Waals surface area contributed by atoms with Gasteiger partial charge in [0.2, 0.25) is 15.0 Å². The van der Waals surface area contributed by atoms with Crippen LogP contribution in [-0.4, -0.2) is 38.2 Å². The number of para-hydroxylation sites is 1. The Hall–Kier alpha value is -1.40. The Morgan fingerprint density at radius 2 is 2.12 bits per heavy atom. The zero-order chi connectivity index (χ0) is 11.9. The van der Waals surface area contributed by atoms with Gasteiger partial charge >= 0.3 is 0 Å². The summed E-state index contributed by atoms with van der Waals surface area (Å²) in [6, 6.07) is 6.87. The standard InChI is InChI=1S/C11H13N3O2S/c15-17(16)10-5-2-1-4-9(10)13-11(17)14-7-3-6-12-8-14/h1-2,4-5,12H,3,6-8H2. The van der Waals surface area contributed by atoms with Crippen LogP contribution >= 0.6 is 0 Å². The Bertz CT molecular complexity index is 574. The number of sulfone groups is 1. The molecule has 1 N–H and O–H groups in total. The molecule has 1 fully saturated rings. The first-order chi connectivity index (χ1) is 8.19. The molecule has 6 heteroatoms. The monoisotopic (exact) mass is 251 g/mol. The fraction of sp³-hybridized carbons (Fsp3) is 0.364. The van der Waals surface area contributed by atoms with Crippen molar-refractivity contribution in [3.8, 4) is 0 Å². The average Bonchev–Trinajstić information content (AvgIpc) is 2.63. The smallest absolute Gasteiger partial charge is 0.241 e. The van der Waals surface area contributed by atoms with Crippen LogP contribution in [0.3, 0.4) is 0 Å². The van der Waals surface area contributed by atoms with Gasteiger partial charge in [0.15, 0.2) is 0 Å². The Balaban J connectivity index is 2.04. The lowest BCUT2D eigenvalue weighted by molar-refractivity contribution is 0.328. The summed E-state index contributed by atoms with van der Waals surface area (Å²) < 4.78 is 24.6. The van der Waals surface area contributed by atoms with Crippen molar-refractivity contribution in [3.63, 3.8) is 0 Å². The first kappa shape index (κ1) is 10.7. The van der Waals surface area contributed by atoms with Crippen molar-refractivity contribution in [1.29, 1.82) is 0 Å². The van der Waals surface area contributed by atoms with Crippen LogP contribution in [0.15, 0.2) is 34.2 Å². The molecule has 1 saturated heterocycles. The molecule has 1 aromatic carbocycles. The summed E-state index contributed by atoms with van der Waals surface area (Å²) in [5, 5.41) is 3.34. The highest BCUT2D eigenvalue weighted by molar-refractivity contribution is 8.06. The van der Waals surface area contributed by atoms with Gasteiger partial charge in [0.05, 0.1) is 12.4 Å². The van der Waals surface area contributed by atoms with E-state index in [2.05, 4.69) is 10.3 Å². The van der Waals surface area contributed by atoms with Crippen LogP contribution in [0.2, 0.25) is 0 Å². The largest absolute Gasteiger partial charge is 0.334 e. The quantitative estimate of drug-likeness (QED) is 0.738. The second kappa shape index (κ2) is 3.82. The summed E-state index contributed by atoms with van der Waals surface area (Å²) in [4.78, 5) is 6.35. The lowest BCUT2D eigenvalue weighted by Crippen LogP contribution is -2.46. The predicted molar refractivity (Wildman–Crippen MR) is 64.9 cm³/mol. The lowest BCUT2D eigenvalue weighted by atomic mass is 10.3. The van der Waals surface area contributed by atoms with Gasteiger partial charge in [-0.05, 0) is 25.1 Å². The van der Waals surface area contributed by atoms with Gasteiger partial charge in [-0.3, -0.25) is 5.32 Å². The van der Waals surface area contributed by atoms with E-state index in [1.54, 1.807) is 29.2 Å². The maximum Gasteiger partial charge on any atom is 0.241 e. The van der Waals surface area contributed by atoms with Crippen molar-refractivity contribution in [3.05, 3.63) is 24.3 Å².